The lowest BCUT2D eigenvalue weighted by Crippen LogP contribution is -2.45. The molecule has 3 aromatic rings. The quantitative estimate of drug-likeness (QED) is 0.463. The van der Waals surface area contributed by atoms with Crippen molar-refractivity contribution < 1.29 is 28.2 Å². The summed E-state index contributed by atoms with van der Waals surface area (Å²) in [6, 6.07) is 10.1. The Hall–Kier alpha value is -3.46. The maximum Gasteiger partial charge on any atom is 0.329 e. The fourth-order valence-electron chi connectivity index (χ4n) is 3.07. The summed E-state index contributed by atoms with van der Waals surface area (Å²) in [5.74, 6) is -1.00. The molecule has 1 N–H and O–H groups in total. The molecule has 0 saturated carbocycles. The smallest absolute Gasteiger partial charge is 0.329 e. The van der Waals surface area contributed by atoms with E-state index >= 15 is 0 Å². The van der Waals surface area contributed by atoms with E-state index in [4.69, 9.17) is 14.2 Å². The van der Waals surface area contributed by atoms with Crippen molar-refractivity contribution in [3.8, 4) is 22.1 Å². The number of rotatable bonds is 9. The van der Waals surface area contributed by atoms with Gasteiger partial charge in [-0.3, -0.25) is 4.79 Å². The molecule has 1 heterocycles. The van der Waals surface area contributed by atoms with Crippen LogP contribution in [0.4, 0.5) is 4.39 Å². The summed E-state index contributed by atoms with van der Waals surface area (Å²) in [6.45, 7) is 3.48. The maximum absolute atomic E-state index is 13.9. The number of carbonyl (C=O) groups is 2. The first-order valence-corrected chi connectivity index (χ1v) is 11.1. The van der Waals surface area contributed by atoms with Gasteiger partial charge in [0.1, 0.15) is 23.5 Å². The van der Waals surface area contributed by atoms with Crippen molar-refractivity contribution in [2.45, 2.75) is 26.5 Å². The average molecular weight is 473 g/mol. The van der Waals surface area contributed by atoms with Gasteiger partial charge in [-0.25, -0.2) is 14.2 Å². The Morgan fingerprint density at radius 2 is 1.82 bits per heavy atom. The SMILES string of the molecule is COc1ccc(-c2nc(COC(=O)[C@@H](NC(=O)c3ccccc3F)C(C)C)cs2)cc1OC. The first-order valence-electron chi connectivity index (χ1n) is 10.2. The van der Waals surface area contributed by atoms with Crippen molar-refractivity contribution in [2.24, 2.45) is 5.92 Å². The normalized spacial score (nSPS) is 11.7. The molecule has 2 aromatic carbocycles. The number of hydrogen-bond donors (Lipinski definition) is 1. The van der Waals surface area contributed by atoms with Crippen LogP contribution in [0, 0.1) is 11.7 Å². The van der Waals surface area contributed by atoms with Crippen LogP contribution in [0.2, 0.25) is 0 Å². The van der Waals surface area contributed by atoms with Gasteiger partial charge in [-0.05, 0) is 36.2 Å². The average Bonchev–Trinajstić information content (AvgIpc) is 3.29. The molecule has 3 rings (SSSR count). The van der Waals surface area contributed by atoms with Gasteiger partial charge < -0.3 is 19.5 Å². The number of methoxy groups -OCH3 is 2. The predicted molar refractivity (Wildman–Crippen MR) is 123 cm³/mol. The summed E-state index contributed by atoms with van der Waals surface area (Å²) >= 11 is 1.40. The molecule has 0 radical (unpaired) electrons. The van der Waals surface area contributed by atoms with Crippen molar-refractivity contribution in [2.75, 3.05) is 14.2 Å². The Balaban J connectivity index is 1.65. The summed E-state index contributed by atoms with van der Waals surface area (Å²) in [7, 11) is 3.13. The molecule has 0 aliphatic rings. The molecule has 7 nitrogen and oxygen atoms in total. The Kier molecular flexibility index (Phi) is 8.00. The maximum atomic E-state index is 13.9. The summed E-state index contributed by atoms with van der Waals surface area (Å²) in [5, 5.41) is 5.09. The molecule has 0 aliphatic carbocycles. The number of ether oxygens (including phenoxy) is 3. The molecule has 1 amide bonds. The van der Waals surface area contributed by atoms with Crippen molar-refractivity contribution in [1.29, 1.82) is 0 Å². The van der Waals surface area contributed by atoms with Crippen LogP contribution in [0.15, 0.2) is 47.8 Å². The molecule has 1 atom stereocenters. The number of esters is 1. The number of thiazole rings is 1. The van der Waals surface area contributed by atoms with E-state index in [-0.39, 0.29) is 18.1 Å². The van der Waals surface area contributed by atoms with Gasteiger partial charge in [-0.2, -0.15) is 0 Å². The molecule has 0 spiro atoms. The molecule has 0 fully saturated rings. The Morgan fingerprint density at radius 1 is 1.09 bits per heavy atom. The van der Waals surface area contributed by atoms with Gasteiger partial charge in [0.05, 0.1) is 25.5 Å². The van der Waals surface area contributed by atoms with Gasteiger partial charge in [-0.15, -0.1) is 11.3 Å². The van der Waals surface area contributed by atoms with Gasteiger partial charge >= 0.3 is 5.97 Å². The third-order valence-corrected chi connectivity index (χ3v) is 5.81. The molecule has 174 valence electrons. The van der Waals surface area contributed by atoms with Crippen LogP contribution in [-0.4, -0.2) is 37.1 Å². The number of nitrogens with one attached hydrogen (secondary N) is 1. The summed E-state index contributed by atoms with van der Waals surface area (Å²) < 4.78 is 29.9. The predicted octanol–water partition coefficient (Wildman–Crippen LogP) is 4.46. The Bertz CT molecular complexity index is 1130. The summed E-state index contributed by atoms with van der Waals surface area (Å²) in [4.78, 5) is 29.6. The van der Waals surface area contributed by atoms with Gasteiger partial charge in [0.2, 0.25) is 0 Å². The zero-order valence-electron chi connectivity index (χ0n) is 18.8. The zero-order valence-corrected chi connectivity index (χ0v) is 19.6. The first-order chi connectivity index (χ1) is 15.8. The van der Waals surface area contributed by atoms with Crippen LogP contribution >= 0.6 is 11.3 Å². The lowest BCUT2D eigenvalue weighted by molar-refractivity contribution is -0.148. The summed E-state index contributed by atoms with van der Waals surface area (Å²) in [6.07, 6.45) is 0. The third kappa shape index (κ3) is 5.87. The topological polar surface area (TPSA) is 86.8 Å². The van der Waals surface area contributed by atoms with Gasteiger partial charge in [0.25, 0.3) is 5.91 Å². The fraction of sp³-hybridized carbons (Fsp3) is 0.292. The van der Waals surface area contributed by atoms with E-state index in [0.29, 0.717) is 17.2 Å². The van der Waals surface area contributed by atoms with Crippen LogP contribution in [0.25, 0.3) is 10.6 Å². The minimum absolute atomic E-state index is 0.0542. The van der Waals surface area contributed by atoms with Gasteiger partial charge in [0, 0.05) is 10.9 Å². The molecule has 33 heavy (non-hydrogen) atoms. The van der Waals surface area contributed by atoms with E-state index in [2.05, 4.69) is 10.3 Å². The Labute approximate surface area is 195 Å². The van der Waals surface area contributed by atoms with E-state index in [1.54, 1.807) is 45.6 Å². The first kappa shape index (κ1) is 24.2. The molecular formula is C24H25FN2O5S. The number of nitrogens with zero attached hydrogens (tertiary/aromatic N) is 1. The number of carbonyl (C=O) groups excluding carboxylic acids is 2. The van der Waals surface area contributed by atoms with E-state index in [0.717, 1.165) is 10.6 Å². The van der Waals surface area contributed by atoms with Crippen molar-refractivity contribution in [1.82, 2.24) is 10.3 Å². The Morgan fingerprint density at radius 3 is 2.48 bits per heavy atom. The van der Waals surface area contributed by atoms with E-state index < -0.39 is 23.7 Å². The van der Waals surface area contributed by atoms with Gasteiger partial charge in [-0.1, -0.05) is 26.0 Å². The molecule has 0 aliphatic heterocycles. The van der Waals surface area contributed by atoms with E-state index in [1.165, 1.54) is 29.5 Å². The zero-order chi connectivity index (χ0) is 24.0. The fourth-order valence-corrected chi connectivity index (χ4v) is 3.87. The molecule has 0 saturated heterocycles. The van der Waals surface area contributed by atoms with E-state index in [1.807, 2.05) is 12.1 Å². The summed E-state index contributed by atoms with van der Waals surface area (Å²) in [5.41, 5.74) is 1.28. The number of benzene rings is 2. The second-order valence-corrected chi connectivity index (χ2v) is 8.35. The lowest BCUT2D eigenvalue weighted by Gasteiger charge is -2.20. The van der Waals surface area contributed by atoms with Crippen molar-refractivity contribution in [3.05, 3.63) is 64.9 Å². The highest BCUT2D eigenvalue weighted by Crippen LogP contribution is 2.33. The second-order valence-electron chi connectivity index (χ2n) is 7.50. The van der Waals surface area contributed by atoms with Crippen LogP contribution in [0.3, 0.4) is 0 Å². The van der Waals surface area contributed by atoms with Crippen LogP contribution < -0.4 is 14.8 Å². The minimum atomic E-state index is -0.930. The highest BCUT2D eigenvalue weighted by atomic mass is 32.1. The largest absolute Gasteiger partial charge is 0.493 e. The highest BCUT2D eigenvalue weighted by molar-refractivity contribution is 7.13. The molecule has 9 heteroatoms. The number of amides is 1. The molecule has 0 bridgehead atoms. The second kappa shape index (κ2) is 10.9. The van der Waals surface area contributed by atoms with Crippen molar-refractivity contribution in [3.63, 3.8) is 0 Å². The minimum Gasteiger partial charge on any atom is -0.493 e. The molecular weight excluding hydrogens is 447 g/mol. The van der Waals surface area contributed by atoms with Gasteiger partial charge in [0.15, 0.2) is 11.5 Å². The third-order valence-electron chi connectivity index (χ3n) is 4.87. The van der Waals surface area contributed by atoms with Crippen LogP contribution in [0.1, 0.15) is 29.9 Å². The van der Waals surface area contributed by atoms with E-state index in [9.17, 15) is 14.0 Å². The monoisotopic (exact) mass is 472 g/mol. The lowest BCUT2D eigenvalue weighted by atomic mass is 10.0. The van der Waals surface area contributed by atoms with Crippen molar-refractivity contribution >= 4 is 23.2 Å². The number of aromatic nitrogens is 1. The molecule has 1 aromatic heterocycles. The van der Waals surface area contributed by atoms with Crippen LogP contribution in [-0.2, 0) is 16.1 Å². The number of hydrogen-bond acceptors (Lipinski definition) is 7. The van der Waals surface area contributed by atoms with Crippen LogP contribution in [0.5, 0.6) is 11.5 Å². The standard InChI is InChI=1S/C24H25FN2O5S/c1-14(2)21(27-22(28)17-7-5-6-8-18(17)25)24(29)32-12-16-13-33-23(26-16)15-9-10-19(30-3)20(11-15)31-4/h5-11,13-14,21H,12H2,1-4H3,(H,27,28)/t21-/m0/s1. The number of halogens is 1. The highest BCUT2D eigenvalue weighted by Gasteiger charge is 2.27. The molecule has 0 unspecified atom stereocenters.